The molecule has 2 aliphatic carbocycles. The van der Waals surface area contributed by atoms with Crippen molar-refractivity contribution in [3.05, 3.63) is 30.3 Å². The van der Waals surface area contributed by atoms with E-state index in [1.807, 2.05) is 0 Å². The van der Waals surface area contributed by atoms with Crippen LogP contribution >= 0.6 is 0 Å². The Morgan fingerprint density at radius 1 is 0.632 bits per heavy atom. The summed E-state index contributed by atoms with van der Waals surface area (Å²) in [6, 6.07) is 11.6. The van der Waals surface area contributed by atoms with E-state index in [4.69, 9.17) is 0 Å². The van der Waals surface area contributed by atoms with E-state index in [1.54, 1.807) is 4.46 Å². The average Bonchev–Trinajstić information content (AvgIpc) is 2.51. The zero-order valence-corrected chi connectivity index (χ0v) is 13.7. The molecule has 1 aromatic rings. The third-order valence-corrected chi connectivity index (χ3v) is 11.5. The van der Waals surface area contributed by atoms with Crippen molar-refractivity contribution in [2.45, 2.75) is 73.8 Å². The van der Waals surface area contributed by atoms with Gasteiger partial charge >= 0.3 is 123 Å². The van der Waals surface area contributed by atoms with Gasteiger partial charge in [-0.2, -0.15) is 0 Å². The Morgan fingerprint density at radius 2 is 1.11 bits per heavy atom. The van der Waals surface area contributed by atoms with Gasteiger partial charge in [-0.05, 0) is 0 Å². The molecule has 0 unspecified atom stereocenters. The van der Waals surface area contributed by atoms with Crippen molar-refractivity contribution in [1.82, 2.24) is 0 Å². The summed E-state index contributed by atoms with van der Waals surface area (Å²) in [6.07, 6.45) is 15.2. The summed E-state index contributed by atoms with van der Waals surface area (Å²) < 4.78 is 1.77. The fourth-order valence-electron chi connectivity index (χ4n) is 3.87. The number of rotatable bonds is 3. The van der Waals surface area contributed by atoms with Crippen LogP contribution in [0.2, 0.25) is 9.63 Å². The average molecular weight is 322 g/mol. The van der Waals surface area contributed by atoms with Crippen LogP contribution in [-0.2, 0) is 0 Å². The summed E-state index contributed by atoms with van der Waals surface area (Å²) in [4.78, 5) is 2.19. The molecule has 0 atom stereocenters. The molecule has 1 heteroatoms. The van der Waals surface area contributed by atoms with E-state index in [0.717, 1.165) is 9.63 Å². The first kappa shape index (κ1) is 13.7. The van der Waals surface area contributed by atoms with Crippen molar-refractivity contribution in [2.75, 3.05) is 0 Å². The van der Waals surface area contributed by atoms with Gasteiger partial charge in [0, 0.05) is 0 Å². The Hall–Kier alpha value is -0.261. The summed E-state index contributed by atoms with van der Waals surface area (Å²) in [7, 11) is 0. The molecule has 19 heavy (non-hydrogen) atoms. The third-order valence-electron chi connectivity index (χ3n) is 4.84. The number of benzene rings is 1. The van der Waals surface area contributed by atoms with Crippen molar-refractivity contribution >= 4 is 18.4 Å². The summed E-state index contributed by atoms with van der Waals surface area (Å²) in [6.45, 7) is 0. The molecule has 0 spiro atoms. The molecule has 2 fully saturated rings. The van der Waals surface area contributed by atoms with E-state index in [2.05, 4.69) is 30.3 Å². The van der Waals surface area contributed by atoms with Crippen molar-refractivity contribution in [1.29, 1.82) is 0 Å². The maximum atomic E-state index is 2.45. The predicted octanol–water partition coefficient (Wildman–Crippen LogP) is 5.06. The van der Waals surface area contributed by atoms with Gasteiger partial charge in [0.05, 0.1) is 0 Å². The fraction of sp³-hybridized carbons (Fsp3) is 0.667. The van der Waals surface area contributed by atoms with Crippen LogP contribution in [0.25, 0.3) is 0 Å². The van der Waals surface area contributed by atoms with Crippen LogP contribution < -0.4 is 4.46 Å². The minimum atomic E-state index is -0.593. The van der Waals surface area contributed by atoms with E-state index in [-0.39, 0.29) is 0 Å². The second kappa shape index (κ2) is 6.95. The van der Waals surface area contributed by atoms with Crippen LogP contribution in [0.15, 0.2) is 30.3 Å². The van der Waals surface area contributed by atoms with Gasteiger partial charge in [-0.3, -0.25) is 0 Å². The second-order valence-corrected chi connectivity index (χ2v) is 11.6. The van der Waals surface area contributed by atoms with Crippen LogP contribution in [0.1, 0.15) is 64.2 Å². The van der Waals surface area contributed by atoms with Crippen LogP contribution in [0.5, 0.6) is 0 Å². The molecule has 1 aromatic carbocycles. The van der Waals surface area contributed by atoms with Gasteiger partial charge in [-0.15, -0.1) is 0 Å². The molecule has 0 aromatic heterocycles. The topological polar surface area (TPSA) is 0 Å². The molecule has 0 N–H and O–H groups in total. The van der Waals surface area contributed by atoms with Crippen molar-refractivity contribution < 1.29 is 0 Å². The summed E-state index contributed by atoms with van der Waals surface area (Å²) in [5, 5.41) is 0. The van der Waals surface area contributed by atoms with Crippen molar-refractivity contribution in [3.63, 3.8) is 0 Å². The Bertz CT molecular complexity index is 343. The van der Waals surface area contributed by atoms with Crippen molar-refractivity contribution in [3.8, 4) is 0 Å². The van der Waals surface area contributed by atoms with Gasteiger partial charge < -0.3 is 0 Å². The van der Waals surface area contributed by atoms with Crippen LogP contribution in [0.3, 0.4) is 0 Å². The first-order valence-corrected chi connectivity index (χ1v) is 11.1. The molecule has 0 saturated heterocycles. The molecule has 104 valence electrons. The molecule has 3 rings (SSSR count). The standard InChI is InChI=1S/C18H27Se/c1-4-10-16(11-5-1)19(17-12-6-2-7-13-17)18-14-8-3-9-15-18/h1,4-5,10-11,17-18H,2-3,6-9,12-15H2/q+1. The normalized spacial score (nSPS) is 22.8. The third kappa shape index (κ3) is 3.44. The van der Waals surface area contributed by atoms with E-state index >= 15 is 0 Å². The number of hydrogen-bond donors (Lipinski definition) is 0. The first-order chi connectivity index (χ1) is 9.45. The van der Waals surface area contributed by atoms with Gasteiger partial charge in [-0.25, -0.2) is 0 Å². The summed E-state index contributed by atoms with van der Waals surface area (Å²) in [5.41, 5.74) is 0. The van der Waals surface area contributed by atoms with Gasteiger partial charge in [0.15, 0.2) is 0 Å². The van der Waals surface area contributed by atoms with Crippen molar-refractivity contribution in [2.24, 2.45) is 0 Å². The zero-order chi connectivity index (χ0) is 12.9. The molecule has 0 bridgehead atoms. The van der Waals surface area contributed by atoms with Gasteiger partial charge in [0.2, 0.25) is 0 Å². The van der Waals surface area contributed by atoms with E-state index in [0.29, 0.717) is 0 Å². The molecule has 2 aliphatic rings. The van der Waals surface area contributed by atoms with Gasteiger partial charge in [0.25, 0.3) is 0 Å². The quantitative estimate of drug-likeness (QED) is 0.683. The first-order valence-electron chi connectivity index (χ1n) is 8.22. The number of hydrogen-bond acceptors (Lipinski definition) is 0. The van der Waals surface area contributed by atoms with E-state index in [1.165, 1.54) is 64.2 Å². The molecular formula is C18H27Se+. The van der Waals surface area contributed by atoms with E-state index < -0.39 is 13.9 Å². The molecule has 0 aliphatic heterocycles. The Morgan fingerprint density at radius 3 is 1.58 bits per heavy atom. The Balaban J connectivity index is 1.81. The van der Waals surface area contributed by atoms with Crippen LogP contribution in [0, 0.1) is 0 Å². The van der Waals surface area contributed by atoms with Gasteiger partial charge in [-0.1, -0.05) is 0 Å². The molecule has 0 amide bonds. The summed E-state index contributed by atoms with van der Waals surface area (Å²) >= 11 is -0.593. The monoisotopic (exact) mass is 323 g/mol. The Labute approximate surface area is 122 Å². The molecule has 2 saturated carbocycles. The van der Waals surface area contributed by atoms with E-state index in [9.17, 15) is 0 Å². The molecular weight excluding hydrogens is 295 g/mol. The van der Waals surface area contributed by atoms with Gasteiger partial charge in [0.1, 0.15) is 0 Å². The van der Waals surface area contributed by atoms with Crippen LogP contribution in [-0.4, -0.2) is 13.9 Å². The Kier molecular flexibility index (Phi) is 5.02. The molecule has 0 radical (unpaired) electrons. The predicted molar refractivity (Wildman–Crippen MR) is 85.5 cm³/mol. The summed E-state index contributed by atoms with van der Waals surface area (Å²) in [5.74, 6) is 0. The molecule has 0 heterocycles. The maximum absolute atomic E-state index is 2.45. The minimum absolute atomic E-state index is 0.593. The fourth-order valence-corrected chi connectivity index (χ4v) is 11.1. The second-order valence-electron chi connectivity index (χ2n) is 6.20. The van der Waals surface area contributed by atoms with Crippen LogP contribution in [0.4, 0.5) is 0 Å². The molecule has 0 nitrogen and oxygen atoms in total. The SMILES string of the molecule is c1ccc([Se+](C2CCCCC2)C2CCCCC2)cc1. The zero-order valence-electron chi connectivity index (χ0n) is 12.0.